The maximum atomic E-state index is 10.9. The number of carbonyl (C=O) groups is 1. The highest BCUT2D eigenvalue weighted by molar-refractivity contribution is 5.78. The lowest BCUT2D eigenvalue weighted by atomic mass is 10.1. The first-order valence-electron chi connectivity index (χ1n) is 6.87. The first-order valence-corrected chi connectivity index (χ1v) is 6.87. The molecular formula is C16H11N5O2. The van der Waals surface area contributed by atoms with Crippen molar-refractivity contribution in [1.29, 1.82) is 0 Å². The molecule has 0 saturated carbocycles. The van der Waals surface area contributed by atoms with Crippen molar-refractivity contribution < 1.29 is 9.21 Å². The van der Waals surface area contributed by atoms with Gasteiger partial charge in [-0.25, -0.2) is 14.5 Å². The van der Waals surface area contributed by atoms with Crippen LogP contribution in [0.2, 0.25) is 0 Å². The van der Waals surface area contributed by atoms with E-state index in [1.54, 1.807) is 47.3 Å². The number of hydrogen-bond donors (Lipinski definition) is 1. The lowest BCUT2D eigenvalue weighted by Gasteiger charge is -2.04. The van der Waals surface area contributed by atoms with Gasteiger partial charge in [-0.15, -0.1) is 5.10 Å². The van der Waals surface area contributed by atoms with E-state index in [9.17, 15) is 4.79 Å². The molecule has 3 aromatic heterocycles. The average Bonchev–Trinajstić information content (AvgIpc) is 3.24. The van der Waals surface area contributed by atoms with Gasteiger partial charge in [-0.1, -0.05) is 18.2 Å². The number of aldehydes is 1. The molecule has 0 fully saturated rings. The molecule has 0 aliphatic rings. The number of nitrogen functional groups attached to an aromatic ring is 1. The Bertz CT molecular complexity index is 1000. The standard InChI is InChI=1S/C16H11N5O2/c17-14-16-19-15(13-5-2-6-23-13)20-21(16)8-12(18-14)11-4-1-3-10(7-11)9-22/h1-9H,(H2,17,18). The monoisotopic (exact) mass is 305 g/mol. The summed E-state index contributed by atoms with van der Waals surface area (Å²) in [4.78, 5) is 19.6. The van der Waals surface area contributed by atoms with E-state index < -0.39 is 0 Å². The molecule has 0 radical (unpaired) electrons. The first kappa shape index (κ1) is 13.2. The number of fused-ring (bicyclic) bond motifs is 1. The van der Waals surface area contributed by atoms with Crippen LogP contribution in [0.25, 0.3) is 28.5 Å². The van der Waals surface area contributed by atoms with Gasteiger partial charge in [0.15, 0.2) is 17.2 Å². The average molecular weight is 305 g/mol. The van der Waals surface area contributed by atoms with Crippen molar-refractivity contribution in [3.8, 4) is 22.8 Å². The van der Waals surface area contributed by atoms with Crippen molar-refractivity contribution in [2.45, 2.75) is 0 Å². The van der Waals surface area contributed by atoms with E-state index in [2.05, 4.69) is 15.1 Å². The Kier molecular flexibility index (Phi) is 2.90. The van der Waals surface area contributed by atoms with Crippen molar-refractivity contribution in [3.63, 3.8) is 0 Å². The number of hydrogen-bond acceptors (Lipinski definition) is 6. The van der Waals surface area contributed by atoms with Crippen LogP contribution < -0.4 is 5.73 Å². The zero-order chi connectivity index (χ0) is 15.8. The molecule has 7 nitrogen and oxygen atoms in total. The Hall–Kier alpha value is -3.48. The van der Waals surface area contributed by atoms with Gasteiger partial charge in [0.1, 0.15) is 6.29 Å². The van der Waals surface area contributed by atoms with E-state index in [1.807, 2.05) is 6.07 Å². The van der Waals surface area contributed by atoms with Crippen LogP contribution >= 0.6 is 0 Å². The van der Waals surface area contributed by atoms with Gasteiger partial charge >= 0.3 is 0 Å². The number of nitrogens with zero attached hydrogens (tertiary/aromatic N) is 4. The molecule has 23 heavy (non-hydrogen) atoms. The Balaban J connectivity index is 1.87. The van der Waals surface area contributed by atoms with Crippen LogP contribution in [-0.4, -0.2) is 25.9 Å². The summed E-state index contributed by atoms with van der Waals surface area (Å²) in [6.07, 6.45) is 4.06. The highest BCUT2D eigenvalue weighted by Gasteiger charge is 2.13. The van der Waals surface area contributed by atoms with E-state index >= 15 is 0 Å². The van der Waals surface area contributed by atoms with Crippen molar-refractivity contribution >= 4 is 17.8 Å². The summed E-state index contributed by atoms with van der Waals surface area (Å²) in [6, 6.07) is 10.6. The SMILES string of the molecule is Nc1nc(-c2cccc(C=O)c2)cn2nc(-c3ccco3)nc12. The van der Waals surface area contributed by atoms with E-state index in [-0.39, 0.29) is 5.82 Å². The molecule has 0 atom stereocenters. The predicted molar refractivity (Wildman–Crippen MR) is 83.7 cm³/mol. The van der Waals surface area contributed by atoms with Crippen LogP contribution in [0.1, 0.15) is 10.4 Å². The molecule has 4 rings (SSSR count). The van der Waals surface area contributed by atoms with Gasteiger partial charge in [-0.3, -0.25) is 4.79 Å². The number of anilines is 1. The van der Waals surface area contributed by atoms with Crippen molar-refractivity contribution in [1.82, 2.24) is 19.6 Å². The molecule has 2 N–H and O–H groups in total. The fourth-order valence-corrected chi connectivity index (χ4v) is 2.33. The third kappa shape index (κ3) is 2.24. The molecule has 0 aliphatic heterocycles. The van der Waals surface area contributed by atoms with Gasteiger partial charge in [-0.05, 0) is 18.2 Å². The molecule has 1 aromatic carbocycles. The smallest absolute Gasteiger partial charge is 0.218 e. The van der Waals surface area contributed by atoms with E-state index in [1.165, 1.54) is 0 Å². The summed E-state index contributed by atoms with van der Waals surface area (Å²) < 4.78 is 6.85. The summed E-state index contributed by atoms with van der Waals surface area (Å²) in [5, 5.41) is 4.37. The summed E-state index contributed by atoms with van der Waals surface area (Å²) in [5.41, 5.74) is 8.40. The molecular weight excluding hydrogens is 294 g/mol. The summed E-state index contributed by atoms with van der Waals surface area (Å²) >= 11 is 0. The lowest BCUT2D eigenvalue weighted by Crippen LogP contribution is -2.00. The zero-order valence-electron chi connectivity index (χ0n) is 11.9. The molecule has 3 heterocycles. The minimum Gasteiger partial charge on any atom is -0.461 e. The number of benzene rings is 1. The quantitative estimate of drug-likeness (QED) is 0.584. The highest BCUT2D eigenvalue weighted by Crippen LogP contribution is 2.23. The molecule has 0 spiro atoms. The fraction of sp³-hybridized carbons (Fsp3) is 0. The number of rotatable bonds is 3. The third-order valence-electron chi connectivity index (χ3n) is 3.41. The van der Waals surface area contributed by atoms with Crippen molar-refractivity contribution in [2.24, 2.45) is 0 Å². The Morgan fingerprint density at radius 3 is 2.87 bits per heavy atom. The maximum absolute atomic E-state index is 10.9. The number of furan rings is 1. The van der Waals surface area contributed by atoms with Crippen molar-refractivity contribution in [2.75, 3.05) is 5.73 Å². The molecule has 0 unspecified atom stereocenters. The molecule has 0 amide bonds. The maximum Gasteiger partial charge on any atom is 0.218 e. The second kappa shape index (κ2) is 5.06. The number of carbonyl (C=O) groups excluding carboxylic acids is 1. The summed E-state index contributed by atoms with van der Waals surface area (Å²) in [6.45, 7) is 0. The Morgan fingerprint density at radius 2 is 2.09 bits per heavy atom. The second-order valence-corrected chi connectivity index (χ2v) is 4.94. The van der Waals surface area contributed by atoms with Crippen LogP contribution in [0.5, 0.6) is 0 Å². The second-order valence-electron chi connectivity index (χ2n) is 4.94. The lowest BCUT2D eigenvalue weighted by molar-refractivity contribution is 0.112. The molecule has 7 heteroatoms. The van der Waals surface area contributed by atoms with Crippen molar-refractivity contribution in [3.05, 3.63) is 54.4 Å². The number of nitrogens with two attached hydrogens (primary N) is 1. The van der Waals surface area contributed by atoms with Crippen LogP contribution in [0.3, 0.4) is 0 Å². The first-order chi connectivity index (χ1) is 11.2. The van der Waals surface area contributed by atoms with E-state index in [4.69, 9.17) is 10.2 Å². The van der Waals surface area contributed by atoms with E-state index in [0.29, 0.717) is 28.5 Å². The fourth-order valence-electron chi connectivity index (χ4n) is 2.33. The topological polar surface area (TPSA) is 99.3 Å². The summed E-state index contributed by atoms with van der Waals surface area (Å²) in [5.74, 6) is 1.24. The Morgan fingerprint density at radius 1 is 1.17 bits per heavy atom. The van der Waals surface area contributed by atoms with Gasteiger partial charge in [0.05, 0.1) is 18.2 Å². The minimum absolute atomic E-state index is 0.254. The van der Waals surface area contributed by atoms with Crippen LogP contribution in [0.4, 0.5) is 5.82 Å². The third-order valence-corrected chi connectivity index (χ3v) is 3.41. The minimum atomic E-state index is 0.254. The Labute approximate surface area is 130 Å². The van der Waals surface area contributed by atoms with Gasteiger partial charge in [-0.2, -0.15) is 0 Å². The van der Waals surface area contributed by atoms with Gasteiger partial charge in [0.2, 0.25) is 5.82 Å². The number of aromatic nitrogens is 4. The summed E-state index contributed by atoms with van der Waals surface area (Å²) in [7, 11) is 0. The normalized spacial score (nSPS) is 11.0. The van der Waals surface area contributed by atoms with Crippen LogP contribution in [0, 0.1) is 0 Å². The van der Waals surface area contributed by atoms with Gasteiger partial charge in [0.25, 0.3) is 0 Å². The predicted octanol–water partition coefficient (Wildman–Crippen LogP) is 2.45. The van der Waals surface area contributed by atoms with E-state index in [0.717, 1.165) is 11.8 Å². The molecule has 0 aliphatic carbocycles. The molecule has 0 bridgehead atoms. The van der Waals surface area contributed by atoms with Gasteiger partial charge in [0, 0.05) is 11.1 Å². The highest BCUT2D eigenvalue weighted by atomic mass is 16.3. The molecule has 4 aromatic rings. The van der Waals surface area contributed by atoms with Crippen LogP contribution in [-0.2, 0) is 0 Å². The largest absolute Gasteiger partial charge is 0.461 e. The van der Waals surface area contributed by atoms with Crippen LogP contribution in [0.15, 0.2) is 53.3 Å². The van der Waals surface area contributed by atoms with Gasteiger partial charge < -0.3 is 10.2 Å². The molecule has 112 valence electrons. The molecule has 0 saturated heterocycles. The zero-order valence-corrected chi connectivity index (χ0v) is 11.9.